The molecule has 2 aromatic heterocycles. The maximum Gasteiger partial charge on any atom is 0.274 e. The first-order valence-corrected chi connectivity index (χ1v) is 10.1. The van der Waals surface area contributed by atoms with E-state index in [4.69, 9.17) is 4.74 Å². The molecule has 0 saturated heterocycles. The van der Waals surface area contributed by atoms with Crippen LogP contribution < -0.4 is 10.3 Å². The van der Waals surface area contributed by atoms with Gasteiger partial charge in [-0.1, -0.05) is 49.4 Å². The Balaban J connectivity index is 1.56. The number of aryl methyl sites for hydroxylation is 2. The molecule has 0 radical (unpaired) electrons. The monoisotopic (exact) mass is 403 g/mol. The minimum atomic E-state index is -0.740. The SMILES string of the molecule is CCc1ccc(OC[C@@H](O)Cn2c(C)cc(=O)n3nc(-c4ccccc4)cc23)cc1. The van der Waals surface area contributed by atoms with Crippen LogP contribution in [0.4, 0.5) is 0 Å². The molecule has 0 aliphatic heterocycles. The third-order valence-electron chi connectivity index (χ3n) is 5.17. The quantitative estimate of drug-likeness (QED) is 0.513. The Labute approximate surface area is 175 Å². The van der Waals surface area contributed by atoms with E-state index in [1.54, 1.807) is 0 Å². The van der Waals surface area contributed by atoms with Crippen LogP contribution in [0.5, 0.6) is 5.75 Å². The Morgan fingerprint density at radius 1 is 1.07 bits per heavy atom. The molecular weight excluding hydrogens is 378 g/mol. The lowest BCUT2D eigenvalue weighted by atomic mass is 10.1. The number of ether oxygens (including phenoxy) is 1. The number of aliphatic hydroxyl groups excluding tert-OH is 1. The van der Waals surface area contributed by atoms with Crippen molar-refractivity contribution in [1.29, 1.82) is 0 Å². The number of aliphatic hydroxyl groups is 1. The summed E-state index contributed by atoms with van der Waals surface area (Å²) < 4.78 is 9.02. The fraction of sp³-hybridized carbons (Fsp3) is 0.250. The minimum Gasteiger partial charge on any atom is -0.491 e. The highest BCUT2D eigenvalue weighted by molar-refractivity contribution is 5.64. The summed E-state index contributed by atoms with van der Waals surface area (Å²) in [6.45, 7) is 4.41. The Morgan fingerprint density at radius 2 is 1.80 bits per heavy atom. The molecule has 0 spiro atoms. The van der Waals surface area contributed by atoms with Gasteiger partial charge in [0, 0.05) is 23.4 Å². The molecule has 0 fully saturated rings. The number of nitrogens with zero attached hydrogens (tertiary/aromatic N) is 3. The molecule has 1 N–H and O–H groups in total. The van der Waals surface area contributed by atoms with Crippen LogP contribution in [0.25, 0.3) is 16.9 Å². The highest BCUT2D eigenvalue weighted by Gasteiger charge is 2.15. The number of fused-ring (bicyclic) bond motifs is 1. The highest BCUT2D eigenvalue weighted by atomic mass is 16.5. The first kappa shape index (κ1) is 19.9. The first-order valence-electron chi connectivity index (χ1n) is 10.1. The summed E-state index contributed by atoms with van der Waals surface area (Å²) in [6, 6.07) is 21.0. The molecule has 2 heterocycles. The van der Waals surface area contributed by atoms with Crippen LogP contribution in [-0.4, -0.2) is 32.0 Å². The van der Waals surface area contributed by atoms with E-state index in [0.717, 1.165) is 23.4 Å². The number of benzene rings is 2. The molecule has 0 amide bonds. The Kier molecular flexibility index (Phi) is 5.68. The molecule has 6 heteroatoms. The lowest BCUT2D eigenvalue weighted by molar-refractivity contribution is 0.0926. The Hall–Kier alpha value is -3.38. The Morgan fingerprint density at radius 3 is 2.50 bits per heavy atom. The van der Waals surface area contributed by atoms with Crippen LogP contribution in [0.3, 0.4) is 0 Å². The van der Waals surface area contributed by atoms with Crippen LogP contribution in [0.2, 0.25) is 0 Å². The molecule has 0 bridgehead atoms. The average molecular weight is 403 g/mol. The van der Waals surface area contributed by atoms with Crippen LogP contribution in [0.1, 0.15) is 18.2 Å². The summed E-state index contributed by atoms with van der Waals surface area (Å²) in [6.07, 6.45) is 0.233. The van der Waals surface area contributed by atoms with Gasteiger partial charge in [0.25, 0.3) is 5.56 Å². The van der Waals surface area contributed by atoms with Crippen LogP contribution in [-0.2, 0) is 13.0 Å². The second-order valence-corrected chi connectivity index (χ2v) is 7.36. The number of rotatable bonds is 7. The van der Waals surface area contributed by atoms with Crippen LogP contribution in [0.15, 0.2) is 71.5 Å². The molecule has 0 aliphatic rings. The zero-order chi connectivity index (χ0) is 21.1. The standard InChI is InChI=1S/C24H25N3O3/c1-3-18-9-11-21(12-10-18)30-16-20(28)15-26-17(2)13-24(29)27-23(26)14-22(25-27)19-7-5-4-6-8-19/h4-14,20,28H,3,15-16H2,1-2H3/t20-/m0/s1. The molecule has 0 aliphatic carbocycles. The minimum absolute atomic E-state index is 0.156. The predicted octanol–water partition coefficient (Wildman–Crippen LogP) is 3.47. The summed E-state index contributed by atoms with van der Waals surface area (Å²) in [7, 11) is 0. The molecule has 0 saturated carbocycles. The molecule has 0 unspecified atom stereocenters. The van der Waals surface area contributed by atoms with Crippen LogP contribution in [0, 0.1) is 6.92 Å². The molecule has 2 aromatic carbocycles. The van der Waals surface area contributed by atoms with Gasteiger partial charge in [-0.05, 0) is 31.0 Å². The van der Waals surface area contributed by atoms with E-state index in [1.807, 2.05) is 72.2 Å². The van der Waals surface area contributed by atoms with Gasteiger partial charge in [0.05, 0.1) is 12.2 Å². The van der Waals surface area contributed by atoms with Crippen molar-refractivity contribution in [1.82, 2.24) is 14.2 Å². The summed E-state index contributed by atoms with van der Waals surface area (Å²) in [4.78, 5) is 12.4. The van der Waals surface area contributed by atoms with Gasteiger partial charge in [-0.3, -0.25) is 4.79 Å². The van der Waals surface area contributed by atoms with Crippen molar-refractivity contribution in [2.45, 2.75) is 32.9 Å². The lowest BCUT2D eigenvalue weighted by Crippen LogP contribution is -2.27. The molecule has 6 nitrogen and oxygen atoms in total. The Bertz CT molecular complexity index is 1190. The van der Waals surface area contributed by atoms with Gasteiger partial charge in [-0.25, -0.2) is 0 Å². The van der Waals surface area contributed by atoms with Gasteiger partial charge < -0.3 is 14.4 Å². The lowest BCUT2D eigenvalue weighted by Gasteiger charge is -2.17. The fourth-order valence-electron chi connectivity index (χ4n) is 3.49. The summed E-state index contributed by atoms with van der Waals surface area (Å²) >= 11 is 0. The second-order valence-electron chi connectivity index (χ2n) is 7.36. The van der Waals surface area contributed by atoms with Crippen LogP contribution >= 0.6 is 0 Å². The van der Waals surface area contributed by atoms with Gasteiger partial charge in [-0.15, -0.1) is 0 Å². The summed E-state index contributed by atoms with van der Waals surface area (Å²) in [5, 5.41) is 15.1. The van der Waals surface area contributed by atoms with Gasteiger partial charge in [-0.2, -0.15) is 9.61 Å². The molecule has 4 aromatic rings. The maximum atomic E-state index is 12.4. The van der Waals surface area contributed by atoms with Crippen molar-refractivity contribution >= 4 is 5.65 Å². The normalized spacial score (nSPS) is 12.2. The van der Waals surface area contributed by atoms with Crippen molar-refractivity contribution in [3.05, 3.63) is 88.3 Å². The van der Waals surface area contributed by atoms with E-state index < -0.39 is 6.10 Å². The van der Waals surface area contributed by atoms with Crippen molar-refractivity contribution in [2.24, 2.45) is 0 Å². The summed E-state index contributed by atoms with van der Waals surface area (Å²) in [5.74, 6) is 0.726. The molecule has 30 heavy (non-hydrogen) atoms. The van der Waals surface area contributed by atoms with Crippen molar-refractivity contribution in [3.8, 4) is 17.0 Å². The van der Waals surface area contributed by atoms with E-state index in [1.165, 1.54) is 16.1 Å². The van der Waals surface area contributed by atoms with Crippen molar-refractivity contribution in [2.75, 3.05) is 6.61 Å². The van der Waals surface area contributed by atoms with E-state index >= 15 is 0 Å². The molecule has 1 atom stereocenters. The highest BCUT2D eigenvalue weighted by Crippen LogP contribution is 2.20. The third-order valence-corrected chi connectivity index (χ3v) is 5.17. The fourth-order valence-corrected chi connectivity index (χ4v) is 3.49. The molecule has 4 rings (SSSR count). The average Bonchev–Trinajstić information content (AvgIpc) is 3.22. The van der Waals surface area contributed by atoms with E-state index in [0.29, 0.717) is 17.9 Å². The molecular formula is C24H25N3O3. The topological polar surface area (TPSA) is 68.8 Å². The summed E-state index contributed by atoms with van der Waals surface area (Å²) in [5.41, 5.74) is 4.10. The van der Waals surface area contributed by atoms with Gasteiger partial charge in [0.1, 0.15) is 24.1 Å². The largest absolute Gasteiger partial charge is 0.491 e. The zero-order valence-corrected chi connectivity index (χ0v) is 17.2. The van der Waals surface area contributed by atoms with E-state index in [-0.39, 0.29) is 12.2 Å². The zero-order valence-electron chi connectivity index (χ0n) is 17.2. The smallest absolute Gasteiger partial charge is 0.274 e. The molecule has 154 valence electrons. The van der Waals surface area contributed by atoms with Crippen molar-refractivity contribution < 1.29 is 9.84 Å². The second kappa shape index (κ2) is 8.55. The third kappa shape index (κ3) is 4.14. The first-order chi connectivity index (χ1) is 14.5. The van der Waals surface area contributed by atoms with E-state index in [9.17, 15) is 9.90 Å². The number of hydrogen-bond donors (Lipinski definition) is 1. The van der Waals surface area contributed by atoms with Gasteiger partial charge in [0.2, 0.25) is 0 Å². The van der Waals surface area contributed by atoms with Gasteiger partial charge >= 0.3 is 0 Å². The number of aromatic nitrogens is 3. The number of hydrogen-bond acceptors (Lipinski definition) is 4. The predicted molar refractivity (Wildman–Crippen MR) is 117 cm³/mol. The van der Waals surface area contributed by atoms with E-state index in [2.05, 4.69) is 12.0 Å². The maximum absolute atomic E-state index is 12.4. The van der Waals surface area contributed by atoms with Crippen molar-refractivity contribution in [3.63, 3.8) is 0 Å². The van der Waals surface area contributed by atoms with Gasteiger partial charge in [0.15, 0.2) is 0 Å².